The number of sulfonamides is 1. The molecule has 2 atom stereocenters. The van der Waals surface area contributed by atoms with Crippen molar-refractivity contribution >= 4 is 16.0 Å². The van der Waals surface area contributed by atoms with Crippen LogP contribution in [0.25, 0.3) is 0 Å². The van der Waals surface area contributed by atoms with E-state index in [0.717, 1.165) is 10.7 Å². The molecule has 5 nitrogen and oxygen atoms in total. The molecular formula is C10H21NO4S. The van der Waals surface area contributed by atoms with Crippen molar-refractivity contribution in [1.82, 2.24) is 4.31 Å². The number of rotatable bonds is 7. The van der Waals surface area contributed by atoms with Gasteiger partial charge in [-0.25, -0.2) is 12.7 Å². The summed E-state index contributed by atoms with van der Waals surface area (Å²) < 4.78 is 24.7. The molecule has 96 valence electrons. The van der Waals surface area contributed by atoms with Crippen LogP contribution in [0.3, 0.4) is 0 Å². The lowest BCUT2D eigenvalue weighted by Gasteiger charge is -2.20. The third-order valence-corrected chi connectivity index (χ3v) is 4.71. The Hall–Kier alpha value is -0.620. The van der Waals surface area contributed by atoms with Crippen molar-refractivity contribution in [2.45, 2.75) is 27.2 Å². The normalized spacial score (nSPS) is 16.1. The summed E-state index contributed by atoms with van der Waals surface area (Å²) >= 11 is 0. The lowest BCUT2D eigenvalue weighted by Crippen LogP contribution is -2.36. The Bertz CT molecular complexity index is 326. The first-order valence-electron chi connectivity index (χ1n) is 5.37. The summed E-state index contributed by atoms with van der Waals surface area (Å²) in [7, 11) is -1.90. The Morgan fingerprint density at radius 1 is 1.38 bits per heavy atom. The maximum absolute atomic E-state index is 11.8. The van der Waals surface area contributed by atoms with Gasteiger partial charge >= 0.3 is 5.97 Å². The molecule has 0 aromatic rings. The highest BCUT2D eigenvalue weighted by Crippen LogP contribution is 2.10. The molecule has 0 saturated carbocycles. The monoisotopic (exact) mass is 251 g/mol. The van der Waals surface area contributed by atoms with Crippen molar-refractivity contribution in [2.24, 2.45) is 11.8 Å². The largest absolute Gasteiger partial charge is 0.481 e. The molecule has 0 aromatic carbocycles. The Morgan fingerprint density at radius 3 is 2.25 bits per heavy atom. The number of nitrogens with zero attached hydrogens (tertiary/aromatic N) is 1. The lowest BCUT2D eigenvalue weighted by molar-refractivity contribution is -0.141. The quantitative estimate of drug-likeness (QED) is 0.733. The van der Waals surface area contributed by atoms with Crippen LogP contribution in [-0.2, 0) is 14.8 Å². The van der Waals surface area contributed by atoms with Crippen LogP contribution in [0.4, 0.5) is 0 Å². The molecule has 0 aliphatic carbocycles. The van der Waals surface area contributed by atoms with Gasteiger partial charge in [-0.15, -0.1) is 0 Å². The van der Waals surface area contributed by atoms with Crippen LogP contribution in [0.1, 0.15) is 27.2 Å². The summed E-state index contributed by atoms with van der Waals surface area (Å²) in [6.07, 6.45) is 0.793. The molecule has 0 heterocycles. The Kier molecular flexibility index (Phi) is 5.96. The van der Waals surface area contributed by atoms with Crippen molar-refractivity contribution in [2.75, 3.05) is 19.3 Å². The molecule has 1 N–H and O–H groups in total. The minimum atomic E-state index is -3.33. The number of hydrogen-bond donors (Lipinski definition) is 1. The van der Waals surface area contributed by atoms with Gasteiger partial charge < -0.3 is 5.11 Å². The number of aliphatic carboxylic acids is 1. The van der Waals surface area contributed by atoms with E-state index in [1.807, 2.05) is 13.8 Å². The highest BCUT2D eigenvalue weighted by atomic mass is 32.2. The highest BCUT2D eigenvalue weighted by Gasteiger charge is 2.24. The maximum atomic E-state index is 11.8. The number of carbonyl (C=O) groups is 1. The van der Waals surface area contributed by atoms with Gasteiger partial charge in [-0.1, -0.05) is 27.2 Å². The third-order valence-electron chi connectivity index (χ3n) is 2.62. The molecule has 0 saturated heterocycles. The van der Waals surface area contributed by atoms with Crippen LogP contribution >= 0.6 is 0 Å². The predicted molar refractivity (Wildman–Crippen MR) is 62.7 cm³/mol. The van der Waals surface area contributed by atoms with Gasteiger partial charge in [0.05, 0.1) is 11.7 Å². The van der Waals surface area contributed by atoms with Crippen molar-refractivity contribution in [3.8, 4) is 0 Å². The molecule has 0 aliphatic rings. The van der Waals surface area contributed by atoms with Crippen LogP contribution in [0.5, 0.6) is 0 Å². The summed E-state index contributed by atoms with van der Waals surface area (Å²) in [5.41, 5.74) is 0. The summed E-state index contributed by atoms with van der Waals surface area (Å²) in [5, 5.41) is 8.70. The molecule has 0 fully saturated rings. The van der Waals surface area contributed by atoms with Crippen LogP contribution in [0.2, 0.25) is 0 Å². The zero-order chi connectivity index (χ0) is 12.9. The van der Waals surface area contributed by atoms with Gasteiger partial charge in [0.15, 0.2) is 0 Å². The first-order valence-corrected chi connectivity index (χ1v) is 6.98. The first-order chi connectivity index (χ1) is 7.20. The molecule has 0 bridgehead atoms. The van der Waals surface area contributed by atoms with Crippen LogP contribution < -0.4 is 0 Å². The Morgan fingerprint density at radius 2 is 1.88 bits per heavy atom. The average molecular weight is 251 g/mol. The zero-order valence-electron chi connectivity index (χ0n) is 10.3. The van der Waals surface area contributed by atoms with E-state index in [0.29, 0.717) is 0 Å². The average Bonchev–Trinajstić information content (AvgIpc) is 2.16. The van der Waals surface area contributed by atoms with Gasteiger partial charge in [0, 0.05) is 13.6 Å². The standard InChI is InChI=1S/C10H21NO4S/c1-5-8(2)7-16(14,15)11(4)6-9(3)10(12)13/h8-9H,5-7H2,1-4H3,(H,12,13). The second kappa shape index (κ2) is 6.20. The van der Waals surface area contributed by atoms with Crippen LogP contribution in [0, 0.1) is 11.8 Å². The fourth-order valence-corrected chi connectivity index (χ4v) is 2.84. The van der Waals surface area contributed by atoms with E-state index >= 15 is 0 Å². The van der Waals surface area contributed by atoms with Gasteiger partial charge in [-0.05, 0) is 5.92 Å². The zero-order valence-corrected chi connectivity index (χ0v) is 11.1. The molecule has 0 radical (unpaired) electrons. The van der Waals surface area contributed by atoms with Gasteiger partial charge in [0.25, 0.3) is 0 Å². The van der Waals surface area contributed by atoms with Gasteiger partial charge in [0.1, 0.15) is 0 Å². The van der Waals surface area contributed by atoms with E-state index in [1.165, 1.54) is 14.0 Å². The van der Waals surface area contributed by atoms with Crippen molar-refractivity contribution in [3.63, 3.8) is 0 Å². The van der Waals surface area contributed by atoms with E-state index in [-0.39, 0.29) is 18.2 Å². The second-order valence-corrected chi connectivity index (χ2v) is 6.43. The van der Waals surface area contributed by atoms with E-state index in [1.54, 1.807) is 0 Å². The molecular weight excluding hydrogens is 230 g/mol. The number of carboxylic acids is 1. The number of hydrogen-bond acceptors (Lipinski definition) is 3. The minimum absolute atomic E-state index is 0.0219. The molecule has 6 heteroatoms. The van der Waals surface area contributed by atoms with E-state index in [9.17, 15) is 13.2 Å². The van der Waals surface area contributed by atoms with Crippen LogP contribution in [-0.4, -0.2) is 43.1 Å². The van der Waals surface area contributed by atoms with E-state index < -0.39 is 21.9 Å². The fraction of sp³-hybridized carbons (Fsp3) is 0.900. The minimum Gasteiger partial charge on any atom is -0.481 e. The molecule has 0 rings (SSSR count). The summed E-state index contributed by atoms with van der Waals surface area (Å²) in [4.78, 5) is 10.6. The summed E-state index contributed by atoms with van der Waals surface area (Å²) in [6.45, 7) is 5.32. The Balaban J connectivity index is 4.47. The topological polar surface area (TPSA) is 74.7 Å². The maximum Gasteiger partial charge on any atom is 0.307 e. The van der Waals surface area contributed by atoms with Gasteiger partial charge in [-0.3, -0.25) is 4.79 Å². The lowest BCUT2D eigenvalue weighted by atomic mass is 10.2. The van der Waals surface area contributed by atoms with Crippen molar-refractivity contribution < 1.29 is 18.3 Å². The summed E-state index contributed by atoms with van der Waals surface area (Å²) in [6, 6.07) is 0. The Labute approximate surface area is 97.5 Å². The predicted octanol–water partition coefficient (Wildman–Crippen LogP) is 1.01. The smallest absolute Gasteiger partial charge is 0.307 e. The van der Waals surface area contributed by atoms with Crippen molar-refractivity contribution in [1.29, 1.82) is 0 Å². The van der Waals surface area contributed by atoms with E-state index in [2.05, 4.69) is 0 Å². The molecule has 0 aromatic heterocycles. The SMILES string of the molecule is CCC(C)CS(=O)(=O)N(C)CC(C)C(=O)O. The molecule has 0 spiro atoms. The van der Waals surface area contributed by atoms with Crippen LogP contribution in [0.15, 0.2) is 0 Å². The third kappa shape index (κ3) is 4.94. The number of carboxylic acid groups (broad SMARTS) is 1. The molecule has 0 aliphatic heterocycles. The fourth-order valence-electron chi connectivity index (χ4n) is 1.18. The van der Waals surface area contributed by atoms with Gasteiger partial charge in [0.2, 0.25) is 10.0 Å². The van der Waals surface area contributed by atoms with Gasteiger partial charge in [-0.2, -0.15) is 0 Å². The highest BCUT2D eigenvalue weighted by molar-refractivity contribution is 7.89. The van der Waals surface area contributed by atoms with Crippen molar-refractivity contribution in [3.05, 3.63) is 0 Å². The summed E-state index contributed by atoms with van der Waals surface area (Å²) in [5.74, 6) is -1.50. The second-order valence-electron chi connectivity index (χ2n) is 4.31. The molecule has 2 unspecified atom stereocenters. The molecule has 16 heavy (non-hydrogen) atoms. The van der Waals surface area contributed by atoms with E-state index in [4.69, 9.17) is 5.11 Å². The first kappa shape index (κ1) is 15.4. The molecule has 0 amide bonds.